The predicted octanol–water partition coefficient (Wildman–Crippen LogP) is 1.26. The van der Waals surface area contributed by atoms with E-state index in [2.05, 4.69) is 4.72 Å². The summed E-state index contributed by atoms with van der Waals surface area (Å²) in [6.07, 6.45) is 3.58. The standard InChI is InChI=1S/C8H17NO2S/c1-3-4-7-9-12(10,11)8(2)5-6-8/h9H,3-7H2,1-2H3. The third kappa shape index (κ3) is 1.98. The van der Waals surface area contributed by atoms with Crippen molar-refractivity contribution in [2.75, 3.05) is 6.54 Å². The summed E-state index contributed by atoms with van der Waals surface area (Å²) in [4.78, 5) is 0. The van der Waals surface area contributed by atoms with E-state index in [-0.39, 0.29) is 0 Å². The Kier molecular flexibility index (Phi) is 2.78. The van der Waals surface area contributed by atoms with E-state index in [1.165, 1.54) is 0 Å². The molecule has 0 bridgehead atoms. The highest BCUT2D eigenvalue weighted by Gasteiger charge is 2.49. The van der Waals surface area contributed by atoms with Gasteiger partial charge in [-0.1, -0.05) is 13.3 Å². The van der Waals surface area contributed by atoms with E-state index in [0.717, 1.165) is 25.7 Å². The Morgan fingerprint density at radius 3 is 2.42 bits per heavy atom. The van der Waals surface area contributed by atoms with E-state index < -0.39 is 14.8 Å². The zero-order valence-electron chi connectivity index (χ0n) is 7.76. The molecule has 1 N–H and O–H groups in total. The van der Waals surface area contributed by atoms with Crippen molar-refractivity contribution in [3.8, 4) is 0 Å². The zero-order chi connectivity index (χ0) is 9.24. The molecular weight excluding hydrogens is 174 g/mol. The first kappa shape index (κ1) is 9.99. The molecule has 4 heteroatoms. The van der Waals surface area contributed by atoms with Gasteiger partial charge in [0.1, 0.15) is 0 Å². The summed E-state index contributed by atoms with van der Waals surface area (Å²) in [6.45, 7) is 4.45. The van der Waals surface area contributed by atoms with Crippen molar-refractivity contribution >= 4 is 10.0 Å². The van der Waals surface area contributed by atoms with Crippen LogP contribution >= 0.6 is 0 Å². The minimum Gasteiger partial charge on any atom is -0.215 e. The van der Waals surface area contributed by atoms with E-state index in [1.807, 2.05) is 6.92 Å². The minimum atomic E-state index is -3.01. The Bertz CT molecular complexity index is 242. The molecule has 0 aliphatic heterocycles. The van der Waals surface area contributed by atoms with Crippen LogP contribution < -0.4 is 4.72 Å². The molecule has 1 aliphatic carbocycles. The second kappa shape index (κ2) is 3.34. The fraction of sp³-hybridized carbons (Fsp3) is 1.00. The molecule has 0 aromatic carbocycles. The van der Waals surface area contributed by atoms with Crippen LogP contribution in [0.3, 0.4) is 0 Å². The molecule has 0 aromatic rings. The van der Waals surface area contributed by atoms with Crippen LogP contribution in [-0.4, -0.2) is 19.7 Å². The van der Waals surface area contributed by atoms with E-state index in [0.29, 0.717) is 6.54 Å². The quantitative estimate of drug-likeness (QED) is 0.665. The molecule has 72 valence electrons. The van der Waals surface area contributed by atoms with Crippen LogP contribution in [0.1, 0.15) is 39.5 Å². The van der Waals surface area contributed by atoms with Crippen molar-refractivity contribution in [3.05, 3.63) is 0 Å². The number of hydrogen-bond donors (Lipinski definition) is 1. The van der Waals surface area contributed by atoms with E-state index >= 15 is 0 Å². The summed E-state index contributed by atoms with van der Waals surface area (Å²) in [6, 6.07) is 0. The van der Waals surface area contributed by atoms with Gasteiger partial charge in [-0.15, -0.1) is 0 Å². The fourth-order valence-corrected chi connectivity index (χ4v) is 2.40. The normalized spacial score (nSPS) is 20.8. The number of nitrogens with one attached hydrogen (secondary N) is 1. The van der Waals surface area contributed by atoms with E-state index in [9.17, 15) is 8.42 Å². The lowest BCUT2D eigenvalue weighted by Crippen LogP contribution is -2.34. The van der Waals surface area contributed by atoms with Gasteiger partial charge in [-0.25, -0.2) is 13.1 Å². The highest BCUT2D eigenvalue weighted by atomic mass is 32.2. The third-order valence-electron chi connectivity index (χ3n) is 2.43. The molecule has 1 rings (SSSR count). The highest BCUT2D eigenvalue weighted by molar-refractivity contribution is 7.91. The Labute approximate surface area is 74.6 Å². The Morgan fingerprint density at radius 1 is 1.42 bits per heavy atom. The van der Waals surface area contributed by atoms with Crippen LogP contribution in [0.5, 0.6) is 0 Å². The maximum atomic E-state index is 11.5. The summed E-state index contributed by atoms with van der Waals surface area (Å²) in [5.41, 5.74) is 0. The fourth-order valence-electron chi connectivity index (χ4n) is 1.00. The van der Waals surface area contributed by atoms with Gasteiger partial charge in [-0.3, -0.25) is 0 Å². The topological polar surface area (TPSA) is 46.2 Å². The molecule has 0 amide bonds. The van der Waals surface area contributed by atoms with Gasteiger partial charge in [0.05, 0.1) is 4.75 Å². The van der Waals surface area contributed by atoms with Crippen LogP contribution in [0.25, 0.3) is 0 Å². The molecule has 0 heterocycles. The molecule has 0 radical (unpaired) electrons. The van der Waals surface area contributed by atoms with Crippen LogP contribution in [0, 0.1) is 0 Å². The Morgan fingerprint density at radius 2 is 2.00 bits per heavy atom. The summed E-state index contributed by atoms with van der Waals surface area (Å²) in [7, 11) is -3.01. The number of sulfonamides is 1. The second-order valence-electron chi connectivity index (χ2n) is 3.70. The summed E-state index contributed by atoms with van der Waals surface area (Å²) in [5, 5.41) is 0. The number of rotatable bonds is 5. The van der Waals surface area contributed by atoms with Crippen molar-refractivity contribution in [1.29, 1.82) is 0 Å². The van der Waals surface area contributed by atoms with Crippen LogP contribution in [-0.2, 0) is 10.0 Å². The predicted molar refractivity (Wildman–Crippen MR) is 49.5 cm³/mol. The van der Waals surface area contributed by atoms with Crippen LogP contribution in [0.4, 0.5) is 0 Å². The van der Waals surface area contributed by atoms with Gasteiger partial charge in [0.15, 0.2) is 0 Å². The molecule has 0 unspecified atom stereocenters. The molecule has 0 aromatic heterocycles. The monoisotopic (exact) mass is 191 g/mol. The lowest BCUT2D eigenvalue weighted by molar-refractivity contribution is 0.564. The highest BCUT2D eigenvalue weighted by Crippen LogP contribution is 2.42. The molecule has 1 aliphatic rings. The average molecular weight is 191 g/mol. The maximum absolute atomic E-state index is 11.5. The van der Waals surface area contributed by atoms with Crippen molar-refractivity contribution < 1.29 is 8.42 Å². The van der Waals surface area contributed by atoms with Gasteiger partial charge in [0, 0.05) is 6.54 Å². The van der Waals surface area contributed by atoms with Gasteiger partial charge in [0.2, 0.25) is 10.0 Å². The van der Waals surface area contributed by atoms with Crippen molar-refractivity contribution in [3.63, 3.8) is 0 Å². The molecule has 3 nitrogen and oxygen atoms in total. The summed E-state index contributed by atoms with van der Waals surface area (Å²) >= 11 is 0. The molecule has 0 atom stereocenters. The smallest absolute Gasteiger partial charge is 0.215 e. The first-order chi connectivity index (χ1) is 5.52. The molecule has 0 spiro atoms. The number of hydrogen-bond acceptors (Lipinski definition) is 2. The minimum absolute atomic E-state index is 0.444. The van der Waals surface area contributed by atoms with Crippen molar-refractivity contribution in [1.82, 2.24) is 4.72 Å². The van der Waals surface area contributed by atoms with Crippen LogP contribution in [0.2, 0.25) is 0 Å². The molecule has 0 saturated heterocycles. The molecule has 1 saturated carbocycles. The number of unbranched alkanes of at least 4 members (excludes halogenated alkanes) is 1. The van der Waals surface area contributed by atoms with Gasteiger partial charge < -0.3 is 0 Å². The lowest BCUT2D eigenvalue weighted by Gasteiger charge is -2.10. The van der Waals surface area contributed by atoms with Gasteiger partial charge in [0.25, 0.3) is 0 Å². The first-order valence-corrected chi connectivity index (χ1v) is 5.99. The summed E-state index contributed by atoms with van der Waals surface area (Å²) in [5.74, 6) is 0. The maximum Gasteiger partial charge on any atom is 0.217 e. The third-order valence-corrected chi connectivity index (χ3v) is 4.72. The second-order valence-corrected chi connectivity index (χ2v) is 5.98. The van der Waals surface area contributed by atoms with Gasteiger partial charge in [-0.05, 0) is 26.2 Å². The Balaban J connectivity index is 2.40. The Hall–Kier alpha value is -0.0900. The van der Waals surface area contributed by atoms with E-state index in [4.69, 9.17) is 0 Å². The van der Waals surface area contributed by atoms with Gasteiger partial charge >= 0.3 is 0 Å². The lowest BCUT2D eigenvalue weighted by atomic mass is 10.3. The molecule has 1 fully saturated rings. The van der Waals surface area contributed by atoms with E-state index in [1.54, 1.807) is 6.92 Å². The molecule has 12 heavy (non-hydrogen) atoms. The zero-order valence-corrected chi connectivity index (χ0v) is 8.58. The summed E-state index contributed by atoms with van der Waals surface area (Å²) < 4.78 is 25.1. The SMILES string of the molecule is CCCCNS(=O)(=O)C1(C)CC1. The largest absolute Gasteiger partial charge is 0.217 e. The average Bonchev–Trinajstić information content (AvgIpc) is 2.70. The van der Waals surface area contributed by atoms with Crippen molar-refractivity contribution in [2.24, 2.45) is 0 Å². The van der Waals surface area contributed by atoms with Crippen LogP contribution in [0.15, 0.2) is 0 Å². The van der Waals surface area contributed by atoms with Gasteiger partial charge in [-0.2, -0.15) is 0 Å². The first-order valence-electron chi connectivity index (χ1n) is 4.51. The van der Waals surface area contributed by atoms with Crippen molar-refractivity contribution in [2.45, 2.75) is 44.3 Å². The molecular formula is C8H17NO2S.